The predicted molar refractivity (Wildman–Crippen MR) is 76.0 cm³/mol. The molecule has 0 aromatic rings. The third-order valence-electron chi connectivity index (χ3n) is 2.85. The molecule has 0 heterocycles. The molecule has 116 valence electrons. The second-order valence-electron chi connectivity index (χ2n) is 4.69. The van der Waals surface area contributed by atoms with Gasteiger partial charge in [-0.25, -0.2) is 0 Å². The molecule has 0 aliphatic heterocycles. The van der Waals surface area contributed by atoms with Crippen molar-refractivity contribution in [1.82, 2.24) is 5.32 Å². The van der Waals surface area contributed by atoms with E-state index in [9.17, 15) is 9.46 Å². The number of phosphoric ester groups is 1. The summed E-state index contributed by atoms with van der Waals surface area (Å²) in [5, 5.41) is 2.80. The van der Waals surface area contributed by atoms with E-state index in [0.717, 1.165) is 19.3 Å². The van der Waals surface area contributed by atoms with Gasteiger partial charge in [-0.2, -0.15) is 0 Å². The Bertz CT molecular complexity index is 239. The van der Waals surface area contributed by atoms with Gasteiger partial charge in [0.2, 0.25) is 0 Å². The number of hydrogen-bond donors (Lipinski definition) is 1. The van der Waals surface area contributed by atoms with Crippen LogP contribution in [0, 0.1) is 0 Å². The Labute approximate surface area is 117 Å². The summed E-state index contributed by atoms with van der Waals surface area (Å²) in [4.78, 5) is 11.3. The minimum absolute atomic E-state index is 0.120. The highest BCUT2D eigenvalue weighted by Crippen LogP contribution is 2.37. The van der Waals surface area contributed by atoms with Crippen molar-refractivity contribution in [3.05, 3.63) is 0 Å². The lowest BCUT2D eigenvalue weighted by atomic mass is 10.1. The Balaban J connectivity index is 3.30. The van der Waals surface area contributed by atoms with E-state index in [1.165, 1.54) is 32.1 Å². The van der Waals surface area contributed by atoms with Crippen LogP contribution in [-0.4, -0.2) is 26.8 Å². The highest BCUT2D eigenvalue weighted by atomic mass is 31.2. The van der Waals surface area contributed by atoms with E-state index in [0.29, 0.717) is 6.54 Å². The van der Waals surface area contributed by atoms with Gasteiger partial charge in [0.05, 0.1) is 13.2 Å². The highest BCUT2D eigenvalue weighted by molar-refractivity contribution is 7.45. The van der Waals surface area contributed by atoms with E-state index in [-0.39, 0.29) is 13.2 Å². The topological polar surface area (TPSA) is 70.6 Å². The standard InChI is InChI=1S/C13H30NO4P/c1-3-4-5-6-7-8-9-10-12-17-19(15,16)18-13-11-14-2/h14H,3-13H2,1-2H3,(H,15,16)/p-1. The van der Waals surface area contributed by atoms with Crippen LogP contribution >= 0.6 is 7.82 Å². The second kappa shape index (κ2) is 13.1. The molecule has 1 atom stereocenters. The number of unbranched alkanes of at least 4 members (excludes halogenated alkanes) is 7. The third kappa shape index (κ3) is 14.3. The van der Waals surface area contributed by atoms with Crippen LogP contribution in [0.5, 0.6) is 0 Å². The Morgan fingerprint density at radius 3 is 2.05 bits per heavy atom. The molecule has 1 unspecified atom stereocenters. The largest absolute Gasteiger partial charge is 0.756 e. The summed E-state index contributed by atoms with van der Waals surface area (Å²) in [6.07, 6.45) is 9.33. The molecule has 5 nitrogen and oxygen atoms in total. The summed E-state index contributed by atoms with van der Waals surface area (Å²) in [5.41, 5.74) is 0. The van der Waals surface area contributed by atoms with E-state index in [1.807, 2.05) is 0 Å². The van der Waals surface area contributed by atoms with Crippen LogP contribution in [0.2, 0.25) is 0 Å². The molecule has 0 aliphatic carbocycles. The molecule has 6 heteroatoms. The normalized spacial score (nSPS) is 14.5. The van der Waals surface area contributed by atoms with Gasteiger partial charge in [0, 0.05) is 6.54 Å². The monoisotopic (exact) mass is 294 g/mol. The first kappa shape index (κ1) is 19.1. The number of hydrogen-bond acceptors (Lipinski definition) is 5. The van der Waals surface area contributed by atoms with Crippen LogP contribution in [0.4, 0.5) is 0 Å². The lowest BCUT2D eigenvalue weighted by Crippen LogP contribution is -2.17. The van der Waals surface area contributed by atoms with Gasteiger partial charge in [0.15, 0.2) is 0 Å². The van der Waals surface area contributed by atoms with Gasteiger partial charge in [-0.05, 0) is 13.5 Å². The zero-order valence-corrected chi connectivity index (χ0v) is 13.3. The smallest absolute Gasteiger partial charge is 0.267 e. The molecule has 0 bridgehead atoms. The minimum Gasteiger partial charge on any atom is -0.756 e. The number of nitrogens with one attached hydrogen (secondary N) is 1. The molecule has 0 aliphatic rings. The van der Waals surface area contributed by atoms with Crippen molar-refractivity contribution in [1.29, 1.82) is 0 Å². The molecule has 1 N–H and O–H groups in total. The molecule has 0 saturated heterocycles. The molecule has 0 spiro atoms. The summed E-state index contributed by atoms with van der Waals surface area (Å²) in [6, 6.07) is 0. The minimum atomic E-state index is -4.08. The zero-order chi connectivity index (χ0) is 14.4. The maximum atomic E-state index is 11.3. The van der Waals surface area contributed by atoms with E-state index in [2.05, 4.69) is 16.8 Å². The second-order valence-corrected chi connectivity index (χ2v) is 6.10. The Kier molecular flexibility index (Phi) is 13.1. The molecular weight excluding hydrogens is 265 g/mol. The van der Waals surface area contributed by atoms with Crippen molar-refractivity contribution in [3.63, 3.8) is 0 Å². The van der Waals surface area contributed by atoms with Crippen LogP contribution in [-0.2, 0) is 13.6 Å². The molecule has 0 aromatic carbocycles. The van der Waals surface area contributed by atoms with E-state index >= 15 is 0 Å². The highest BCUT2D eigenvalue weighted by Gasteiger charge is 2.07. The lowest BCUT2D eigenvalue weighted by Gasteiger charge is -2.22. The molecular formula is C13H29NO4P-. The van der Waals surface area contributed by atoms with Crippen molar-refractivity contribution < 1.29 is 18.5 Å². The molecule has 0 saturated carbocycles. The molecule has 0 radical (unpaired) electrons. The third-order valence-corrected chi connectivity index (χ3v) is 3.85. The van der Waals surface area contributed by atoms with Gasteiger partial charge >= 0.3 is 0 Å². The molecule has 0 aromatic heterocycles. The Morgan fingerprint density at radius 1 is 0.947 bits per heavy atom. The number of phosphoric acid groups is 1. The molecule has 19 heavy (non-hydrogen) atoms. The fraction of sp³-hybridized carbons (Fsp3) is 1.00. The van der Waals surface area contributed by atoms with Gasteiger partial charge < -0.3 is 19.3 Å². The fourth-order valence-corrected chi connectivity index (χ4v) is 2.45. The van der Waals surface area contributed by atoms with Crippen LogP contribution in [0.3, 0.4) is 0 Å². The van der Waals surface area contributed by atoms with Gasteiger partial charge in [0.1, 0.15) is 0 Å². The average molecular weight is 294 g/mol. The maximum Gasteiger partial charge on any atom is 0.267 e. The molecule has 0 rings (SSSR count). The summed E-state index contributed by atoms with van der Waals surface area (Å²) in [5.74, 6) is 0. The Hall–Kier alpha value is 0.0700. The SMILES string of the molecule is CCCCCCCCCCOP(=O)([O-])OCCNC. The molecule has 0 amide bonds. The van der Waals surface area contributed by atoms with Crippen molar-refractivity contribution >= 4 is 7.82 Å². The van der Waals surface area contributed by atoms with Crippen LogP contribution < -0.4 is 10.2 Å². The summed E-state index contributed by atoms with van der Waals surface area (Å²) >= 11 is 0. The van der Waals surface area contributed by atoms with E-state index in [1.54, 1.807) is 7.05 Å². The lowest BCUT2D eigenvalue weighted by molar-refractivity contribution is -0.225. The van der Waals surface area contributed by atoms with Gasteiger partial charge in [-0.1, -0.05) is 51.9 Å². The van der Waals surface area contributed by atoms with Crippen LogP contribution in [0.1, 0.15) is 58.3 Å². The van der Waals surface area contributed by atoms with Crippen molar-refractivity contribution in [2.45, 2.75) is 58.3 Å². The van der Waals surface area contributed by atoms with Crippen molar-refractivity contribution in [2.75, 3.05) is 26.8 Å². The number of likely N-dealkylation sites (N-methyl/N-ethyl adjacent to an activating group) is 1. The number of rotatable bonds is 14. The zero-order valence-electron chi connectivity index (χ0n) is 12.4. The predicted octanol–water partition coefficient (Wildman–Crippen LogP) is 2.85. The van der Waals surface area contributed by atoms with Crippen molar-refractivity contribution in [2.24, 2.45) is 0 Å². The van der Waals surface area contributed by atoms with Crippen LogP contribution in [0.15, 0.2) is 0 Å². The summed E-state index contributed by atoms with van der Waals surface area (Å²) in [7, 11) is -2.35. The van der Waals surface area contributed by atoms with E-state index < -0.39 is 7.82 Å². The van der Waals surface area contributed by atoms with Crippen molar-refractivity contribution in [3.8, 4) is 0 Å². The Morgan fingerprint density at radius 2 is 1.47 bits per heavy atom. The first-order chi connectivity index (χ1) is 9.12. The summed E-state index contributed by atoms with van der Waals surface area (Å²) in [6.45, 7) is 3.05. The first-order valence-electron chi connectivity index (χ1n) is 7.37. The van der Waals surface area contributed by atoms with Gasteiger partial charge in [-0.15, -0.1) is 0 Å². The quantitative estimate of drug-likeness (QED) is 0.394. The summed E-state index contributed by atoms with van der Waals surface area (Å²) < 4.78 is 20.7. The maximum absolute atomic E-state index is 11.3. The van der Waals surface area contributed by atoms with E-state index in [4.69, 9.17) is 4.52 Å². The first-order valence-corrected chi connectivity index (χ1v) is 8.83. The van der Waals surface area contributed by atoms with Crippen LogP contribution in [0.25, 0.3) is 0 Å². The van der Waals surface area contributed by atoms with Gasteiger partial charge in [-0.3, -0.25) is 4.57 Å². The fourth-order valence-electron chi connectivity index (χ4n) is 1.71. The van der Waals surface area contributed by atoms with Gasteiger partial charge in [0.25, 0.3) is 7.82 Å². The average Bonchev–Trinajstić information content (AvgIpc) is 2.37. The molecule has 0 fully saturated rings.